The Bertz CT molecular complexity index is 848. The second kappa shape index (κ2) is 7.04. The summed E-state index contributed by atoms with van der Waals surface area (Å²) >= 11 is 0. The van der Waals surface area contributed by atoms with E-state index in [9.17, 15) is 4.79 Å². The van der Waals surface area contributed by atoms with Gasteiger partial charge in [-0.3, -0.25) is 4.79 Å². The SMILES string of the molecule is Cc1ccc(/C=C/c2c(C=O)nnn2C(C)c2ccccc2)cc1. The van der Waals surface area contributed by atoms with Crippen LogP contribution in [0.5, 0.6) is 0 Å². The Labute approximate surface area is 141 Å². The molecule has 0 radical (unpaired) electrons. The van der Waals surface area contributed by atoms with E-state index in [1.165, 1.54) is 5.56 Å². The fourth-order valence-electron chi connectivity index (χ4n) is 2.57. The van der Waals surface area contributed by atoms with Gasteiger partial charge in [-0.2, -0.15) is 0 Å². The lowest BCUT2D eigenvalue weighted by molar-refractivity contribution is 0.111. The molecule has 0 aliphatic heterocycles. The summed E-state index contributed by atoms with van der Waals surface area (Å²) in [4.78, 5) is 11.3. The van der Waals surface area contributed by atoms with Gasteiger partial charge in [0.2, 0.25) is 0 Å². The highest BCUT2D eigenvalue weighted by molar-refractivity contribution is 5.81. The quantitative estimate of drug-likeness (QED) is 0.663. The van der Waals surface area contributed by atoms with Crippen LogP contribution in [0.1, 0.15) is 45.8 Å². The number of aryl methyl sites for hydroxylation is 1. The number of hydrogen-bond donors (Lipinski definition) is 0. The van der Waals surface area contributed by atoms with Crippen molar-refractivity contribution >= 4 is 18.4 Å². The zero-order valence-corrected chi connectivity index (χ0v) is 13.8. The van der Waals surface area contributed by atoms with Gasteiger partial charge in [-0.1, -0.05) is 71.5 Å². The summed E-state index contributed by atoms with van der Waals surface area (Å²) in [6, 6.07) is 18.2. The largest absolute Gasteiger partial charge is 0.296 e. The number of rotatable bonds is 5. The first-order valence-corrected chi connectivity index (χ1v) is 7.89. The van der Waals surface area contributed by atoms with Crippen LogP contribution in [0.3, 0.4) is 0 Å². The molecule has 3 rings (SSSR count). The topological polar surface area (TPSA) is 47.8 Å². The Morgan fingerprint density at radius 1 is 1.00 bits per heavy atom. The van der Waals surface area contributed by atoms with E-state index in [0.717, 1.165) is 17.4 Å². The van der Waals surface area contributed by atoms with Gasteiger partial charge in [0.15, 0.2) is 12.0 Å². The second-order valence-electron chi connectivity index (χ2n) is 5.75. The monoisotopic (exact) mass is 317 g/mol. The summed E-state index contributed by atoms with van der Waals surface area (Å²) in [7, 11) is 0. The van der Waals surface area contributed by atoms with E-state index in [0.29, 0.717) is 11.4 Å². The van der Waals surface area contributed by atoms with Gasteiger partial charge in [0.25, 0.3) is 0 Å². The first kappa shape index (κ1) is 15.9. The van der Waals surface area contributed by atoms with Crippen LogP contribution < -0.4 is 0 Å². The Morgan fingerprint density at radius 3 is 2.38 bits per heavy atom. The van der Waals surface area contributed by atoms with Crippen LogP contribution in [0.2, 0.25) is 0 Å². The highest BCUT2D eigenvalue weighted by atomic mass is 16.1. The predicted molar refractivity (Wildman–Crippen MR) is 95.8 cm³/mol. The van der Waals surface area contributed by atoms with Crippen molar-refractivity contribution in [1.29, 1.82) is 0 Å². The van der Waals surface area contributed by atoms with Gasteiger partial charge in [0.05, 0.1) is 11.7 Å². The van der Waals surface area contributed by atoms with Crippen molar-refractivity contribution in [1.82, 2.24) is 15.0 Å². The lowest BCUT2D eigenvalue weighted by Gasteiger charge is -2.13. The Morgan fingerprint density at radius 2 is 1.71 bits per heavy atom. The average Bonchev–Trinajstić information content (AvgIpc) is 3.04. The van der Waals surface area contributed by atoms with Crippen LogP contribution in [-0.4, -0.2) is 21.3 Å². The van der Waals surface area contributed by atoms with E-state index >= 15 is 0 Å². The third-order valence-corrected chi connectivity index (χ3v) is 4.03. The third-order valence-electron chi connectivity index (χ3n) is 4.03. The molecule has 0 saturated heterocycles. The molecule has 120 valence electrons. The summed E-state index contributed by atoms with van der Waals surface area (Å²) in [5.74, 6) is 0. The van der Waals surface area contributed by atoms with Gasteiger partial charge in [-0.05, 0) is 31.1 Å². The van der Waals surface area contributed by atoms with Crippen LogP contribution in [-0.2, 0) is 0 Å². The highest BCUT2D eigenvalue weighted by Gasteiger charge is 2.16. The van der Waals surface area contributed by atoms with Crippen LogP contribution in [0.25, 0.3) is 12.2 Å². The lowest BCUT2D eigenvalue weighted by Crippen LogP contribution is -2.10. The van der Waals surface area contributed by atoms with E-state index in [1.54, 1.807) is 4.68 Å². The molecule has 3 aromatic rings. The highest BCUT2D eigenvalue weighted by Crippen LogP contribution is 2.21. The van der Waals surface area contributed by atoms with E-state index < -0.39 is 0 Å². The number of hydrogen-bond acceptors (Lipinski definition) is 3. The number of carbonyl (C=O) groups excluding carboxylic acids is 1. The zero-order valence-electron chi connectivity index (χ0n) is 13.8. The normalized spacial score (nSPS) is 12.4. The van der Waals surface area contributed by atoms with Crippen molar-refractivity contribution in [3.63, 3.8) is 0 Å². The molecule has 2 aromatic carbocycles. The summed E-state index contributed by atoms with van der Waals surface area (Å²) in [6.45, 7) is 4.10. The van der Waals surface area contributed by atoms with Crippen molar-refractivity contribution in [3.05, 3.63) is 82.7 Å². The van der Waals surface area contributed by atoms with Crippen molar-refractivity contribution in [2.24, 2.45) is 0 Å². The lowest BCUT2D eigenvalue weighted by atomic mass is 10.1. The molecule has 0 spiro atoms. The fraction of sp³-hybridized carbons (Fsp3) is 0.150. The number of nitrogens with zero attached hydrogens (tertiary/aromatic N) is 3. The molecule has 24 heavy (non-hydrogen) atoms. The van der Waals surface area contributed by atoms with Crippen molar-refractivity contribution in [3.8, 4) is 0 Å². The van der Waals surface area contributed by atoms with E-state index in [2.05, 4.69) is 29.4 Å². The van der Waals surface area contributed by atoms with Gasteiger partial charge < -0.3 is 0 Å². The maximum absolute atomic E-state index is 11.3. The smallest absolute Gasteiger partial charge is 0.172 e. The molecular formula is C20H19N3O. The van der Waals surface area contributed by atoms with Crippen LogP contribution in [0.4, 0.5) is 0 Å². The van der Waals surface area contributed by atoms with E-state index in [-0.39, 0.29) is 6.04 Å². The molecule has 0 N–H and O–H groups in total. The molecule has 0 bridgehead atoms. The number of carbonyl (C=O) groups is 1. The van der Waals surface area contributed by atoms with Gasteiger partial charge in [0.1, 0.15) is 0 Å². The molecule has 1 aromatic heterocycles. The van der Waals surface area contributed by atoms with Gasteiger partial charge in [-0.15, -0.1) is 5.10 Å². The third kappa shape index (κ3) is 3.33. The zero-order chi connectivity index (χ0) is 16.9. The predicted octanol–water partition coefficient (Wildman–Crippen LogP) is 4.18. The summed E-state index contributed by atoms with van der Waals surface area (Å²) in [5, 5.41) is 8.18. The van der Waals surface area contributed by atoms with Gasteiger partial charge in [-0.25, -0.2) is 4.68 Å². The van der Waals surface area contributed by atoms with Crippen LogP contribution in [0.15, 0.2) is 54.6 Å². The van der Waals surface area contributed by atoms with Crippen LogP contribution in [0, 0.1) is 6.92 Å². The first-order chi connectivity index (χ1) is 11.7. The number of aldehydes is 1. The maximum atomic E-state index is 11.3. The Balaban J connectivity index is 1.96. The first-order valence-electron chi connectivity index (χ1n) is 7.89. The molecule has 1 unspecified atom stereocenters. The molecule has 4 nitrogen and oxygen atoms in total. The average molecular weight is 317 g/mol. The van der Waals surface area contributed by atoms with Gasteiger partial charge >= 0.3 is 0 Å². The minimum atomic E-state index is -0.00920. The van der Waals surface area contributed by atoms with E-state index in [4.69, 9.17) is 0 Å². The van der Waals surface area contributed by atoms with Crippen molar-refractivity contribution in [2.75, 3.05) is 0 Å². The summed E-state index contributed by atoms with van der Waals surface area (Å²) in [5.41, 5.74) is 4.45. The van der Waals surface area contributed by atoms with Crippen LogP contribution >= 0.6 is 0 Å². The fourth-order valence-corrected chi connectivity index (χ4v) is 2.57. The molecule has 0 aliphatic rings. The second-order valence-corrected chi connectivity index (χ2v) is 5.75. The van der Waals surface area contributed by atoms with Crippen molar-refractivity contribution < 1.29 is 4.79 Å². The maximum Gasteiger partial charge on any atom is 0.172 e. The Hall–Kier alpha value is -3.01. The number of aromatic nitrogens is 3. The van der Waals surface area contributed by atoms with Crippen molar-refractivity contribution in [2.45, 2.75) is 19.9 Å². The minimum absolute atomic E-state index is 0.00920. The molecular weight excluding hydrogens is 298 g/mol. The molecule has 0 amide bonds. The Kier molecular flexibility index (Phi) is 4.66. The molecule has 0 saturated carbocycles. The minimum Gasteiger partial charge on any atom is -0.296 e. The molecule has 1 atom stereocenters. The summed E-state index contributed by atoms with van der Waals surface area (Å²) < 4.78 is 1.78. The van der Waals surface area contributed by atoms with E-state index in [1.807, 2.05) is 61.5 Å². The number of benzene rings is 2. The summed E-state index contributed by atoms with van der Waals surface area (Å²) in [6.07, 6.45) is 4.61. The molecule has 0 aliphatic carbocycles. The molecule has 0 fully saturated rings. The molecule has 1 heterocycles. The van der Waals surface area contributed by atoms with Gasteiger partial charge in [0, 0.05) is 0 Å². The molecule has 4 heteroatoms. The standard InChI is InChI=1S/C20H19N3O/c1-15-8-10-17(11-9-15)12-13-20-19(14-24)21-22-23(20)16(2)18-6-4-3-5-7-18/h3-14,16H,1-2H3/b13-12+.